The van der Waals surface area contributed by atoms with E-state index < -0.39 is 0 Å². The number of aromatic nitrogens is 2. The fourth-order valence-corrected chi connectivity index (χ4v) is 3.34. The van der Waals surface area contributed by atoms with Gasteiger partial charge in [0.15, 0.2) is 11.5 Å². The summed E-state index contributed by atoms with van der Waals surface area (Å²) in [5.74, 6) is 1.44. The molecular weight excluding hydrogens is 372 g/mol. The quantitative estimate of drug-likeness (QED) is 0.457. The Kier molecular flexibility index (Phi) is 5.22. The largest absolute Gasteiger partial charge is 0.493 e. The molecule has 5 heteroatoms. The number of halogens is 1. The molecule has 28 heavy (non-hydrogen) atoms. The first-order chi connectivity index (χ1) is 13.6. The number of aromatic amines is 1. The summed E-state index contributed by atoms with van der Waals surface area (Å²) in [4.78, 5) is 7.68. The predicted molar refractivity (Wildman–Crippen MR) is 112 cm³/mol. The van der Waals surface area contributed by atoms with Crippen LogP contribution in [0.3, 0.4) is 0 Å². The molecule has 2 aromatic carbocycles. The molecule has 142 valence electrons. The van der Waals surface area contributed by atoms with E-state index in [0.717, 1.165) is 45.6 Å². The average molecular weight is 393 g/mol. The number of benzene rings is 2. The van der Waals surface area contributed by atoms with Crippen molar-refractivity contribution in [3.8, 4) is 11.5 Å². The lowest BCUT2D eigenvalue weighted by Crippen LogP contribution is -1.98. The summed E-state index contributed by atoms with van der Waals surface area (Å²) in [5.41, 5.74) is 5.48. The van der Waals surface area contributed by atoms with Crippen molar-refractivity contribution in [3.63, 3.8) is 0 Å². The van der Waals surface area contributed by atoms with Crippen LogP contribution in [0.25, 0.3) is 11.0 Å². The molecule has 0 fully saturated rings. The van der Waals surface area contributed by atoms with Crippen LogP contribution in [0.2, 0.25) is 5.02 Å². The second-order valence-electron chi connectivity index (χ2n) is 6.80. The van der Waals surface area contributed by atoms with Gasteiger partial charge in [0.25, 0.3) is 0 Å². The van der Waals surface area contributed by atoms with E-state index >= 15 is 0 Å². The van der Waals surface area contributed by atoms with E-state index in [4.69, 9.17) is 21.1 Å². The molecular formula is C23H21ClN2O2. The lowest BCUT2D eigenvalue weighted by atomic mass is 10.0. The molecule has 4 nitrogen and oxygen atoms in total. The van der Waals surface area contributed by atoms with Crippen molar-refractivity contribution in [2.45, 2.75) is 20.0 Å². The Balaban J connectivity index is 1.52. The van der Waals surface area contributed by atoms with Gasteiger partial charge in [-0.25, -0.2) is 4.98 Å². The number of nitrogens with one attached hydrogen (secondary N) is 1. The van der Waals surface area contributed by atoms with E-state index in [9.17, 15) is 0 Å². The van der Waals surface area contributed by atoms with Crippen molar-refractivity contribution in [2.75, 3.05) is 7.11 Å². The maximum atomic E-state index is 5.95. The van der Waals surface area contributed by atoms with E-state index in [2.05, 4.69) is 29.0 Å². The molecule has 0 saturated carbocycles. The van der Waals surface area contributed by atoms with Gasteiger partial charge in [0, 0.05) is 22.8 Å². The smallest absolute Gasteiger partial charge is 0.161 e. The van der Waals surface area contributed by atoms with Crippen LogP contribution in [0.15, 0.2) is 60.9 Å². The summed E-state index contributed by atoms with van der Waals surface area (Å²) in [6.07, 6.45) is 4.69. The van der Waals surface area contributed by atoms with Gasteiger partial charge in [-0.3, -0.25) is 0 Å². The Labute approximate surface area is 169 Å². The number of methoxy groups -OCH3 is 1. The number of fused-ring (bicyclic) bond motifs is 1. The molecule has 1 N–H and O–H groups in total. The minimum atomic E-state index is 0.459. The Morgan fingerprint density at radius 2 is 1.79 bits per heavy atom. The van der Waals surface area contributed by atoms with Crippen molar-refractivity contribution in [3.05, 3.63) is 88.2 Å². The molecule has 0 bridgehead atoms. The topological polar surface area (TPSA) is 47.1 Å². The minimum Gasteiger partial charge on any atom is -0.493 e. The Morgan fingerprint density at radius 3 is 2.57 bits per heavy atom. The molecule has 4 aromatic rings. The highest BCUT2D eigenvalue weighted by Gasteiger charge is 2.10. The Morgan fingerprint density at radius 1 is 1.00 bits per heavy atom. The van der Waals surface area contributed by atoms with Crippen molar-refractivity contribution in [1.82, 2.24) is 9.97 Å². The van der Waals surface area contributed by atoms with Crippen LogP contribution in [0, 0.1) is 6.92 Å². The number of hydrogen-bond acceptors (Lipinski definition) is 3. The first-order valence-corrected chi connectivity index (χ1v) is 9.47. The number of pyridine rings is 1. The molecule has 4 rings (SSSR count). The van der Waals surface area contributed by atoms with E-state index in [0.29, 0.717) is 11.6 Å². The van der Waals surface area contributed by atoms with Crippen LogP contribution in [-0.2, 0) is 13.0 Å². The highest BCUT2D eigenvalue weighted by atomic mass is 35.5. The van der Waals surface area contributed by atoms with Gasteiger partial charge in [0.1, 0.15) is 12.3 Å². The number of aryl methyl sites for hydroxylation is 1. The molecule has 0 aliphatic rings. The standard InChI is InChI=1S/C23H21ClN2O2/c1-15-9-20-18(13-26-23(20)25-12-15)10-17-5-8-21(22(11-17)27-2)28-14-16-3-6-19(24)7-4-16/h3-9,11-13H,10,14H2,1-2H3,(H,25,26). The van der Waals surface area contributed by atoms with Crippen molar-refractivity contribution >= 4 is 22.6 Å². The molecule has 2 aromatic heterocycles. The number of H-pyrrole nitrogens is 1. The zero-order valence-corrected chi connectivity index (χ0v) is 16.6. The predicted octanol–water partition coefficient (Wildman–Crippen LogP) is 5.70. The number of ether oxygens (including phenoxy) is 2. The first-order valence-electron chi connectivity index (χ1n) is 9.09. The van der Waals surface area contributed by atoms with Crippen LogP contribution in [0.1, 0.15) is 22.3 Å². The van der Waals surface area contributed by atoms with Gasteiger partial charge < -0.3 is 14.5 Å². The van der Waals surface area contributed by atoms with Crippen LogP contribution in [0.4, 0.5) is 0 Å². The zero-order valence-electron chi connectivity index (χ0n) is 15.8. The van der Waals surface area contributed by atoms with Gasteiger partial charge in [0.05, 0.1) is 7.11 Å². The van der Waals surface area contributed by atoms with Crippen molar-refractivity contribution in [1.29, 1.82) is 0 Å². The third-order valence-electron chi connectivity index (χ3n) is 4.68. The summed E-state index contributed by atoms with van der Waals surface area (Å²) in [5, 5.41) is 1.87. The van der Waals surface area contributed by atoms with Gasteiger partial charge >= 0.3 is 0 Å². The van der Waals surface area contributed by atoms with E-state index in [1.54, 1.807) is 7.11 Å². The molecule has 0 aliphatic heterocycles. The highest BCUT2D eigenvalue weighted by Crippen LogP contribution is 2.30. The maximum Gasteiger partial charge on any atom is 0.161 e. The van der Waals surface area contributed by atoms with Gasteiger partial charge in [-0.05, 0) is 65.9 Å². The third kappa shape index (κ3) is 3.97. The Hall–Kier alpha value is -2.98. The second kappa shape index (κ2) is 7.95. The fourth-order valence-electron chi connectivity index (χ4n) is 3.21. The SMILES string of the molecule is COc1cc(Cc2c[nH]c3ncc(C)cc23)ccc1OCc1ccc(Cl)cc1. The monoisotopic (exact) mass is 392 g/mol. The van der Waals surface area contributed by atoms with Crippen LogP contribution < -0.4 is 9.47 Å². The first kappa shape index (κ1) is 18.4. The van der Waals surface area contributed by atoms with Crippen molar-refractivity contribution < 1.29 is 9.47 Å². The number of hydrogen-bond donors (Lipinski definition) is 1. The molecule has 0 saturated heterocycles. The lowest BCUT2D eigenvalue weighted by Gasteiger charge is -2.12. The van der Waals surface area contributed by atoms with Crippen molar-refractivity contribution in [2.24, 2.45) is 0 Å². The van der Waals surface area contributed by atoms with Crippen LogP contribution in [-0.4, -0.2) is 17.1 Å². The van der Waals surface area contributed by atoms with E-state index in [1.165, 1.54) is 5.56 Å². The van der Waals surface area contributed by atoms with E-state index in [-0.39, 0.29) is 0 Å². The minimum absolute atomic E-state index is 0.459. The third-order valence-corrected chi connectivity index (χ3v) is 4.94. The zero-order chi connectivity index (χ0) is 19.5. The summed E-state index contributed by atoms with van der Waals surface area (Å²) >= 11 is 5.93. The molecule has 0 atom stereocenters. The molecule has 0 spiro atoms. The maximum absolute atomic E-state index is 5.95. The number of rotatable bonds is 6. The second-order valence-corrected chi connectivity index (χ2v) is 7.24. The summed E-state index contributed by atoms with van der Waals surface area (Å²) < 4.78 is 11.5. The van der Waals surface area contributed by atoms with E-state index in [1.807, 2.05) is 48.8 Å². The van der Waals surface area contributed by atoms with Gasteiger partial charge in [-0.1, -0.05) is 29.8 Å². The number of nitrogens with zero attached hydrogens (tertiary/aromatic N) is 1. The average Bonchev–Trinajstić information content (AvgIpc) is 3.10. The fraction of sp³-hybridized carbons (Fsp3) is 0.174. The van der Waals surface area contributed by atoms with Crippen LogP contribution in [0.5, 0.6) is 11.5 Å². The molecule has 0 amide bonds. The van der Waals surface area contributed by atoms with Gasteiger partial charge in [-0.2, -0.15) is 0 Å². The summed E-state index contributed by atoms with van der Waals surface area (Å²) in [7, 11) is 1.66. The molecule has 0 aliphatic carbocycles. The van der Waals surface area contributed by atoms with Gasteiger partial charge in [0.2, 0.25) is 0 Å². The lowest BCUT2D eigenvalue weighted by molar-refractivity contribution is 0.284. The molecule has 0 radical (unpaired) electrons. The highest BCUT2D eigenvalue weighted by molar-refractivity contribution is 6.30. The molecule has 2 heterocycles. The van der Waals surface area contributed by atoms with Gasteiger partial charge in [-0.15, -0.1) is 0 Å². The van der Waals surface area contributed by atoms with Crippen LogP contribution >= 0.6 is 11.6 Å². The molecule has 0 unspecified atom stereocenters. The summed E-state index contributed by atoms with van der Waals surface area (Å²) in [6, 6.07) is 15.8. The Bertz CT molecular complexity index is 1100. The summed E-state index contributed by atoms with van der Waals surface area (Å²) in [6.45, 7) is 2.51. The normalized spacial score (nSPS) is 11.0.